The molecule has 5 heteroatoms. The molecule has 0 saturated heterocycles. The van der Waals surface area contributed by atoms with Crippen molar-refractivity contribution in [1.82, 2.24) is 0 Å². The van der Waals surface area contributed by atoms with Crippen LogP contribution in [0.1, 0.15) is 27.7 Å². The number of ether oxygens (including phenoxy) is 4. The standard InChI is InChI=1S/C11H22O5/c1-5-13-10(14-6-2)9(12)11(15-7-3)16-8-4/h10-11H,5-8H2,1-4H3. The van der Waals surface area contributed by atoms with Crippen molar-refractivity contribution in [3.8, 4) is 0 Å². The summed E-state index contributed by atoms with van der Waals surface area (Å²) in [5.41, 5.74) is 0. The van der Waals surface area contributed by atoms with Gasteiger partial charge in [-0.05, 0) is 27.7 Å². The summed E-state index contributed by atoms with van der Waals surface area (Å²) >= 11 is 0. The zero-order valence-corrected chi connectivity index (χ0v) is 10.5. The minimum absolute atomic E-state index is 0.326. The van der Waals surface area contributed by atoms with Gasteiger partial charge in [0.05, 0.1) is 0 Å². The van der Waals surface area contributed by atoms with Gasteiger partial charge in [-0.15, -0.1) is 0 Å². The fraction of sp³-hybridized carbons (Fsp3) is 0.909. The van der Waals surface area contributed by atoms with Crippen molar-refractivity contribution < 1.29 is 23.7 Å². The highest BCUT2D eigenvalue weighted by Crippen LogP contribution is 2.06. The highest BCUT2D eigenvalue weighted by atomic mass is 16.7. The second kappa shape index (κ2) is 9.72. The molecule has 0 N–H and O–H groups in total. The smallest absolute Gasteiger partial charge is 0.244 e. The van der Waals surface area contributed by atoms with Crippen LogP contribution < -0.4 is 0 Å². The Morgan fingerprint density at radius 1 is 0.750 bits per heavy atom. The first-order valence-corrected chi connectivity index (χ1v) is 5.71. The van der Waals surface area contributed by atoms with Crippen LogP contribution in [0.3, 0.4) is 0 Å². The lowest BCUT2D eigenvalue weighted by molar-refractivity contribution is -0.204. The molecule has 5 nitrogen and oxygen atoms in total. The van der Waals surface area contributed by atoms with Gasteiger partial charge in [0.2, 0.25) is 18.4 Å². The van der Waals surface area contributed by atoms with E-state index in [0.717, 1.165) is 0 Å². The number of ketones is 1. The number of carbonyl (C=O) groups excluding carboxylic acids is 1. The lowest BCUT2D eigenvalue weighted by atomic mass is 10.3. The zero-order valence-electron chi connectivity index (χ0n) is 10.5. The number of hydrogen-bond acceptors (Lipinski definition) is 5. The maximum absolute atomic E-state index is 11.9. The second-order valence-electron chi connectivity index (χ2n) is 2.89. The molecule has 0 unspecified atom stereocenters. The number of hydrogen-bond donors (Lipinski definition) is 0. The van der Waals surface area contributed by atoms with Crippen molar-refractivity contribution in [2.45, 2.75) is 40.3 Å². The van der Waals surface area contributed by atoms with Crippen molar-refractivity contribution >= 4 is 5.78 Å². The van der Waals surface area contributed by atoms with E-state index < -0.39 is 12.6 Å². The molecule has 0 spiro atoms. The molecular formula is C11H22O5. The summed E-state index contributed by atoms with van der Waals surface area (Å²) in [6, 6.07) is 0. The second-order valence-corrected chi connectivity index (χ2v) is 2.89. The lowest BCUT2D eigenvalue weighted by Gasteiger charge is -2.21. The van der Waals surface area contributed by atoms with Gasteiger partial charge < -0.3 is 18.9 Å². The van der Waals surface area contributed by atoms with Crippen LogP contribution in [-0.4, -0.2) is 44.8 Å². The topological polar surface area (TPSA) is 54.0 Å². The molecule has 0 bridgehead atoms. The minimum atomic E-state index is -0.905. The Labute approximate surface area is 97.0 Å². The molecule has 0 aromatic rings. The molecule has 16 heavy (non-hydrogen) atoms. The average molecular weight is 234 g/mol. The Morgan fingerprint density at radius 2 is 1.00 bits per heavy atom. The van der Waals surface area contributed by atoms with Gasteiger partial charge in [-0.25, -0.2) is 0 Å². The summed E-state index contributed by atoms with van der Waals surface area (Å²) < 4.78 is 20.7. The van der Waals surface area contributed by atoms with Crippen LogP contribution in [-0.2, 0) is 23.7 Å². The Morgan fingerprint density at radius 3 is 1.19 bits per heavy atom. The summed E-state index contributed by atoms with van der Waals surface area (Å²) in [7, 11) is 0. The molecule has 0 fully saturated rings. The molecule has 0 aromatic heterocycles. The maximum atomic E-state index is 11.9. The molecule has 0 amide bonds. The largest absolute Gasteiger partial charge is 0.346 e. The summed E-state index contributed by atoms with van der Waals surface area (Å²) in [5, 5.41) is 0. The lowest BCUT2D eigenvalue weighted by Crippen LogP contribution is -2.39. The Hall–Kier alpha value is -0.490. The molecule has 0 aliphatic rings. The molecular weight excluding hydrogens is 212 g/mol. The predicted molar refractivity (Wildman–Crippen MR) is 59.1 cm³/mol. The molecule has 0 aliphatic heterocycles. The molecule has 0 radical (unpaired) electrons. The van der Waals surface area contributed by atoms with E-state index in [1.165, 1.54) is 0 Å². The van der Waals surface area contributed by atoms with E-state index in [1.54, 1.807) is 27.7 Å². The minimum Gasteiger partial charge on any atom is -0.346 e. The van der Waals surface area contributed by atoms with E-state index in [4.69, 9.17) is 18.9 Å². The first-order chi connectivity index (χ1) is 7.71. The SMILES string of the molecule is CCOC(OCC)C(=O)C(OCC)OCC. The quantitative estimate of drug-likeness (QED) is 0.534. The molecule has 0 rings (SSSR count). The highest BCUT2D eigenvalue weighted by Gasteiger charge is 2.28. The maximum Gasteiger partial charge on any atom is 0.244 e. The third kappa shape index (κ3) is 5.55. The number of rotatable bonds is 10. The van der Waals surface area contributed by atoms with Crippen LogP contribution >= 0.6 is 0 Å². The van der Waals surface area contributed by atoms with Crippen molar-refractivity contribution in [3.05, 3.63) is 0 Å². The normalized spacial score (nSPS) is 11.4. The average Bonchev–Trinajstić information content (AvgIpc) is 2.27. The first-order valence-electron chi connectivity index (χ1n) is 5.71. The first kappa shape index (κ1) is 15.5. The summed E-state index contributed by atoms with van der Waals surface area (Å²) in [6.07, 6.45) is -1.81. The van der Waals surface area contributed by atoms with Crippen LogP contribution in [0.4, 0.5) is 0 Å². The summed E-state index contributed by atoms with van der Waals surface area (Å²) in [5.74, 6) is -0.326. The van der Waals surface area contributed by atoms with Gasteiger partial charge in [-0.1, -0.05) is 0 Å². The fourth-order valence-electron chi connectivity index (χ4n) is 1.14. The molecule has 0 aliphatic carbocycles. The van der Waals surface area contributed by atoms with E-state index in [9.17, 15) is 4.79 Å². The van der Waals surface area contributed by atoms with Gasteiger partial charge in [-0.3, -0.25) is 4.79 Å². The molecule has 0 heterocycles. The summed E-state index contributed by atoms with van der Waals surface area (Å²) in [6.45, 7) is 8.82. The van der Waals surface area contributed by atoms with E-state index in [-0.39, 0.29) is 5.78 Å². The van der Waals surface area contributed by atoms with Crippen LogP contribution in [0, 0.1) is 0 Å². The van der Waals surface area contributed by atoms with Gasteiger partial charge in [0.25, 0.3) is 0 Å². The highest BCUT2D eigenvalue weighted by molar-refractivity contribution is 5.85. The van der Waals surface area contributed by atoms with Crippen molar-refractivity contribution in [2.75, 3.05) is 26.4 Å². The van der Waals surface area contributed by atoms with E-state index in [1.807, 2.05) is 0 Å². The van der Waals surface area contributed by atoms with E-state index in [0.29, 0.717) is 26.4 Å². The summed E-state index contributed by atoms with van der Waals surface area (Å²) in [4.78, 5) is 11.9. The van der Waals surface area contributed by atoms with Gasteiger partial charge in [0.15, 0.2) is 0 Å². The third-order valence-electron chi connectivity index (χ3n) is 1.74. The van der Waals surface area contributed by atoms with Gasteiger partial charge in [-0.2, -0.15) is 0 Å². The molecule has 0 aromatic carbocycles. The Balaban J connectivity index is 4.38. The van der Waals surface area contributed by atoms with Crippen LogP contribution in [0.25, 0.3) is 0 Å². The molecule has 96 valence electrons. The number of Topliss-reactive ketones (excluding diaryl/α,β-unsaturated/α-hetero) is 1. The van der Waals surface area contributed by atoms with Crippen molar-refractivity contribution in [2.24, 2.45) is 0 Å². The van der Waals surface area contributed by atoms with Gasteiger partial charge in [0, 0.05) is 26.4 Å². The Bertz CT molecular complexity index is 153. The molecule has 0 atom stereocenters. The predicted octanol–water partition coefficient (Wildman–Crippen LogP) is 1.35. The van der Waals surface area contributed by atoms with Gasteiger partial charge in [0.1, 0.15) is 0 Å². The van der Waals surface area contributed by atoms with Crippen molar-refractivity contribution in [3.63, 3.8) is 0 Å². The Kier molecular flexibility index (Phi) is 9.42. The fourth-order valence-corrected chi connectivity index (χ4v) is 1.14. The van der Waals surface area contributed by atoms with E-state index >= 15 is 0 Å². The third-order valence-corrected chi connectivity index (χ3v) is 1.74. The van der Waals surface area contributed by atoms with Crippen LogP contribution in [0.2, 0.25) is 0 Å². The molecule has 0 saturated carbocycles. The monoisotopic (exact) mass is 234 g/mol. The van der Waals surface area contributed by atoms with Crippen LogP contribution in [0.15, 0.2) is 0 Å². The van der Waals surface area contributed by atoms with Crippen molar-refractivity contribution in [1.29, 1.82) is 0 Å². The van der Waals surface area contributed by atoms with Gasteiger partial charge >= 0.3 is 0 Å². The number of carbonyl (C=O) groups is 1. The zero-order chi connectivity index (χ0) is 12.4. The van der Waals surface area contributed by atoms with Crippen LogP contribution in [0.5, 0.6) is 0 Å². The van der Waals surface area contributed by atoms with E-state index in [2.05, 4.69) is 0 Å².